The van der Waals surface area contributed by atoms with Crippen LogP contribution >= 0.6 is 0 Å². The highest BCUT2D eigenvalue weighted by Crippen LogP contribution is 2.29. The number of ketones is 2. The molecule has 2 aliphatic heterocycles. The lowest BCUT2D eigenvalue weighted by Crippen LogP contribution is -2.63. The summed E-state index contributed by atoms with van der Waals surface area (Å²) in [6.45, 7) is 32.7. The quantitative estimate of drug-likeness (QED) is 0.0804. The van der Waals surface area contributed by atoms with Gasteiger partial charge in [-0.3, -0.25) is 57.6 Å². The Balaban J connectivity index is 1.86. The SMILES string of the molecule is CC[C@@H]1NC(=O)[C@H]([C@H](O)[C@H](C)CCCCCn2cnc3ccccc32)NC(=O)[C@H](C(C)C)N(C)C(=O)[C@H](CC(C)C)N(C)C(=O)[C@H](CC(C)C)N(C)C(=O)[C@@H](C)NC(=O)[C@H](C)CC(=O)[C@H](CC(C)C)N(C)C(=O)[C@H](C(C)C)CC(=O)[C@H]([C@@H](C)OCCCCN2CCOCC2)N(C)C(=O)[C@@H](C)N(C)C1=O. The number of Topliss-reactive ketones (excluding diaryl/α,β-unsaturated/α-hetero) is 2. The molecule has 0 bridgehead atoms. The van der Waals surface area contributed by atoms with Crippen molar-refractivity contribution in [2.45, 2.75) is 261 Å². The first-order chi connectivity index (χ1) is 48.8. The highest BCUT2D eigenvalue weighted by molar-refractivity contribution is 6.00. The van der Waals surface area contributed by atoms with Crippen molar-refractivity contribution in [2.75, 3.05) is 81.7 Å². The van der Waals surface area contributed by atoms with Crippen LogP contribution in [0.15, 0.2) is 30.6 Å². The molecule has 26 nitrogen and oxygen atoms in total. The molecule has 3 heterocycles. The number of morpholine rings is 1. The summed E-state index contributed by atoms with van der Waals surface area (Å²) in [5.41, 5.74) is 1.90. The number of nitrogens with one attached hydrogen (secondary N) is 3. The van der Waals surface area contributed by atoms with Crippen LogP contribution in [0.1, 0.15) is 188 Å². The van der Waals surface area contributed by atoms with Crippen LogP contribution in [0.4, 0.5) is 0 Å². The Morgan fingerprint density at radius 1 is 0.548 bits per heavy atom. The van der Waals surface area contributed by atoms with Crippen LogP contribution < -0.4 is 16.0 Å². The van der Waals surface area contributed by atoms with Gasteiger partial charge >= 0.3 is 0 Å². The number of para-hydroxylation sites is 2. The Labute approximate surface area is 620 Å². The number of nitrogens with zero attached hydrogens (tertiary/aromatic N) is 9. The second kappa shape index (κ2) is 42.4. The average molecular weight is 1460 g/mol. The van der Waals surface area contributed by atoms with E-state index in [0.29, 0.717) is 39.0 Å². The predicted octanol–water partition coefficient (Wildman–Crippen LogP) is 6.61. The van der Waals surface area contributed by atoms with E-state index in [4.69, 9.17) is 9.47 Å². The zero-order valence-electron chi connectivity index (χ0n) is 67.1. The largest absolute Gasteiger partial charge is 0.390 e. The molecule has 2 aliphatic rings. The molecule has 4 rings (SSSR count). The van der Waals surface area contributed by atoms with Gasteiger partial charge in [-0.1, -0.05) is 115 Å². The van der Waals surface area contributed by atoms with Crippen LogP contribution in [0.5, 0.6) is 0 Å². The molecule has 0 spiro atoms. The fourth-order valence-corrected chi connectivity index (χ4v) is 14.4. The number of carbonyl (C=O) groups is 11. The second-order valence-corrected chi connectivity index (χ2v) is 31.7. The molecular formula is C78H132N12O14. The summed E-state index contributed by atoms with van der Waals surface area (Å²) < 4.78 is 14.0. The summed E-state index contributed by atoms with van der Waals surface area (Å²) in [6.07, 6.45) is 3.22. The smallest absolute Gasteiger partial charge is 0.245 e. The van der Waals surface area contributed by atoms with E-state index >= 15 is 33.6 Å². The normalized spacial score (nSPS) is 26.2. The fourth-order valence-electron chi connectivity index (χ4n) is 14.4. The molecule has 104 heavy (non-hydrogen) atoms. The first-order valence-electron chi connectivity index (χ1n) is 38.4. The Hall–Kier alpha value is -6.90. The monoisotopic (exact) mass is 1460 g/mol. The number of imidazole rings is 1. The number of aliphatic hydroxyl groups excluding tert-OH is 1. The third kappa shape index (κ3) is 25.1. The number of rotatable bonds is 24. The van der Waals surface area contributed by atoms with Crippen molar-refractivity contribution in [1.29, 1.82) is 0 Å². The van der Waals surface area contributed by atoms with E-state index in [-0.39, 0.29) is 62.9 Å². The molecule has 1 aromatic heterocycles. The highest BCUT2D eigenvalue weighted by Gasteiger charge is 2.45. The molecule has 588 valence electrons. The Kier molecular flexibility index (Phi) is 36.5. The fraction of sp³-hybridized carbons (Fsp3) is 0.769. The van der Waals surface area contributed by atoms with Crippen LogP contribution in [-0.4, -0.2) is 262 Å². The van der Waals surface area contributed by atoms with Gasteiger partial charge in [0, 0.05) is 93.2 Å². The molecule has 2 fully saturated rings. The average Bonchev–Trinajstić information content (AvgIpc) is 1.03. The van der Waals surface area contributed by atoms with Gasteiger partial charge in [-0.15, -0.1) is 0 Å². The van der Waals surface area contributed by atoms with Crippen LogP contribution in [0.2, 0.25) is 0 Å². The second-order valence-electron chi connectivity index (χ2n) is 31.7. The number of hydrogen-bond acceptors (Lipinski definition) is 16. The lowest BCUT2D eigenvalue weighted by Gasteiger charge is -2.40. The molecule has 14 atom stereocenters. The number of ether oxygens (including phenoxy) is 2. The summed E-state index contributed by atoms with van der Waals surface area (Å²) in [7, 11) is 8.75. The highest BCUT2D eigenvalue weighted by atomic mass is 16.5. The molecule has 4 N–H and O–H groups in total. The third-order valence-corrected chi connectivity index (χ3v) is 21.2. The van der Waals surface area contributed by atoms with Crippen molar-refractivity contribution in [2.24, 2.45) is 47.3 Å². The van der Waals surface area contributed by atoms with E-state index in [1.807, 2.05) is 65.8 Å². The number of carbonyl (C=O) groups excluding carboxylic acids is 11. The maximum absolute atomic E-state index is 15.3. The van der Waals surface area contributed by atoms with Gasteiger partial charge in [0.05, 0.1) is 48.8 Å². The number of aliphatic hydroxyl groups is 1. The lowest BCUT2D eigenvalue weighted by molar-refractivity contribution is -0.154. The number of amides is 9. The van der Waals surface area contributed by atoms with Gasteiger partial charge in [0.25, 0.3) is 0 Å². The summed E-state index contributed by atoms with van der Waals surface area (Å²) in [5, 5.41) is 20.9. The van der Waals surface area contributed by atoms with Gasteiger partial charge in [-0.2, -0.15) is 0 Å². The number of benzene rings is 1. The Morgan fingerprint density at radius 2 is 1.10 bits per heavy atom. The van der Waals surface area contributed by atoms with Gasteiger partial charge in [0.2, 0.25) is 53.2 Å². The molecule has 2 saturated heterocycles. The maximum Gasteiger partial charge on any atom is 0.245 e. The molecule has 9 amide bonds. The third-order valence-electron chi connectivity index (χ3n) is 21.2. The first-order valence-corrected chi connectivity index (χ1v) is 38.4. The van der Waals surface area contributed by atoms with E-state index in [9.17, 15) is 24.3 Å². The molecule has 26 heteroatoms. The molecular weight excluding hydrogens is 1330 g/mol. The molecule has 0 saturated carbocycles. The summed E-state index contributed by atoms with van der Waals surface area (Å²) >= 11 is 0. The number of unbranched alkanes of at least 4 members (excludes halogenated alkanes) is 3. The van der Waals surface area contributed by atoms with Crippen LogP contribution in [0.3, 0.4) is 0 Å². The van der Waals surface area contributed by atoms with Crippen molar-refractivity contribution < 1.29 is 67.3 Å². The minimum absolute atomic E-state index is 0.00519. The molecule has 0 unspecified atom stereocenters. The summed E-state index contributed by atoms with van der Waals surface area (Å²) in [6, 6.07) is -3.54. The molecule has 1 aromatic carbocycles. The van der Waals surface area contributed by atoms with E-state index < -0.39 is 161 Å². The van der Waals surface area contributed by atoms with Gasteiger partial charge in [0.15, 0.2) is 11.6 Å². The first kappa shape index (κ1) is 89.5. The number of fused-ring (bicyclic) bond motifs is 1. The van der Waals surface area contributed by atoms with E-state index in [1.165, 1.54) is 85.5 Å². The number of likely N-dealkylation sites (N-methyl/N-ethyl adjacent to an activating group) is 6. The van der Waals surface area contributed by atoms with Crippen LogP contribution in [-0.2, 0) is 68.8 Å². The molecule has 0 aliphatic carbocycles. The van der Waals surface area contributed by atoms with Crippen LogP contribution in [0, 0.1) is 47.3 Å². The van der Waals surface area contributed by atoms with Crippen molar-refractivity contribution in [3.63, 3.8) is 0 Å². The zero-order valence-corrected chi connectivity index (χ0v) is 67.1. The summed E-state index contributed by atoms with van der Waals surface area (Å²) in [4.78, 5) is 179. The van der Waals surface area contributed by atoms with E-state index in [1.54, 1.807) is 61.7 Å². The van der Waals surface area contributed by atoms with Crippen molar-refractivity contribution in [1.82, 2.24) is 59.8 Å². The zero-order chi connectivity index (χ0) is 78.3. The van der Waals surface area contributed by atoms with Gasteiger partial charge in [-0.25, -0.2) is 4.98 Å². The molecule has 2 aromatic rings. The number of aromatic nitrogens is 2. The lowest BCUT2D eigenvalue weighted by atomic mass is 9.85. The number of aryl methyl sites for hydroxylation is 1. The predicted molar refractivity (Wildman–Crippen MR) is 402 cm³/mol. The molecule has 0 radical (unpaired) electrons. The minimum atomic E-state index is -1.69. The van der Waals surface area contributed by atoms with Gasteiger partial charge < -0.3 is 64.5 Å². The maximum atomic E-state index is 15.3. The van der Waals surface area contributed by atoms with Gasteiger partial charge in [-0.05, 0) is 126 Å². The minimum Gasteiger partial charge on any atom is -0.390 e. The topological polar surface area (TPSA) is 303 Å². The van der Waals surface area contributed by atoms with E-state index in [2.05, 4.69) is 30.4 Å². The van der Waals surface area contributed by atoms with E-state index in [0.717, 1.165) is 49.9 Å². The van der Waals surface area contributed by atoms with Crippen molar-refractivity contribution in [3.05, 3.63) is 30.6 Å². The Morgan fingerprint density at radius 3 is 1.67 bits per heavy atom. The van der Waals surface area contributed by atoms with Crippen LogP contribution in [0.25, 0.3) is 11.0 Å². The number of hydrogen-bond donors (Lipinski definition) is 4. The van der Waals surface area contributed by atoms with Gasteiger partial charge in [0.1, 0.15) is 48.3 Å². The Bertz CT molecular complexity index is 3150. The summed E-state index contributed by atoms with van der Waals surface area (Å²) in [5.74, 6) is -11.0. The van der Waals surface area contributed by atoms with Crippen molar-refractivity contribution >= 4 is 75.8 Å². The van der Waals surface area contributed by atoms with Crippen molar-refractivity contribution in [3.8, 4) is 0 Å². The standard InChI is InChI=1S/C78H132N12O14/c1-23-58-76(100)83(17)55(15)74(98)88(22)68(56(16)104-38-30-29-34-89-36-39-103-40-37-89)65(92)45-57(50(8)9)75(99)84(18)61(41-47(2)3)64(91)44-53(13)70(94)80-54(14)73(97)85(19)62(42-48(4)5)77(101)86(20)63(43-49(6)7)78(102)87(21)67(51(10)11)72(96)82-66(71(95)81-58)69(93)52(12)31-25-24-28-35-90-46-79-59-32-26-27-33-60(59)90/h26-27,32-33,46-58,61-63,66-69,93H,23-25,28-31,34-45H2,1-22H3,(H,80,94)(H,81,95)(H,82,96)/t52-,53-,54-,55-,56-,57+,58+,61+,62+,63+,66+,67+,68+,69-/m1/s1.